The van der Waals surface area contributed by atoms with Gasteiger partial charge in [-0.1, -0.05) is 32.0 Å². The maximum Gasteiger partial charge on any atom is 0.272 e. The molecular formula is C22H26N4O3S. The molecule has 0 unspecified atom stereocenters. The van der Waals surface area contributed by atoms with E-state index in [1.165, 1.54) is 21.1 Å². The van der Waals surface area contributed by atoms with Crippen LogP contribution in [0.25, 0.3) is 0 Å². The number of rotatable bonds is 8. The van der Waals surface area contributed by atoms with Crippen molar-refractivity contribution in [2.75, 3.05) is 23.7 Å². The molecule has 0 bridgehead atoms. The fourth-order valence-electron chi connectivity index (χ4n) is 3.13. The molecule has 1 amide bonds. The second-order valence-corrected chi connectivity index (χ2v) is 8.72. The normalized spacial score (nSPS) is 11.5. The van der Waals surface area contributed by atoms with Gasteiger partial charge in [0, 0.05) is 43.4 Å². The lowest BCUT2D eigenvalue weighted by molar-refractivity contribution is 0.101. The summed E-state index contributed by atoms with van der Waals surface area (Å²) in [6.07, 6.45) is 1.47. The Bertz CT molecular complexity index is 1100. The van der Waals surface area contributed by atoms with Gasteiger partial charge in [0.05, 0.1) is 0 Å². The molecule has 2 N–H and O–H groups in total. The molecule has 0 aliphatic carbocycles. The number of carbonyl (C=O) groups excluding carboxylic acids is 1. The lowest BCUT2D eigenvalue weighted by Crippen LogP contribution is -2.30. The number of amides is 1. The molecule has 1 heterocycles. The number of benzene rings is 2. The highest BCUT2D eigenvalue weighted by Crippen LogP contribution is 2.21. The maximum atomic E-state index is 12.7. The summed E-state index contributed by atoms with van der Waals surface area (Å²) in [4.78, 5) is 12.8. The van der Waals surface area contributed by atoms with Gasteiger partial charge in [-0.2, -0.15) is 4.31 Å². The van der Waals surface area contributed by atoms with Crippen molar-refractivity contribution in [3.63, 3.8) is 0 Å². The van der Waals surface area contributed by atoms with Gasteiger partial charge in [0.25, 0.3) is 5.91 Å². The number of nitrogens with zero attached hydrogens (tertiary/aromatic N) is 2. The average Bonchev–Trinajstić information content (AvgIpc) is 3.14. The highest BCUT2D eigenvalue weighted by Gasteiger charge is 2.25. The van der Waals surface area contributed by atoms with E-state index in [2.05, 4.69) is 10.6 Å². The third-order valence-corrected chi connectivity index (χ3v) is 6.78. The fourth-order valence-corrected chi connectivity index (χ4v) is 4.66. The largest absolute Gasteiger partial charge is 0.356 e. The Morgan fingerprint density at radius 3 is 2.10 bits per heavy atom. The van der Waals surface area contributed by atoms with Crippen LogP contribution in [0.5, 0.6) is 0 Å². The molecule has 0 saturated carbocycles. The van der Waals surface area contributed by atoms with Crippen molar-refractivity contribution in [3.8, 4) is 0 Å². The third kappa shape index (κ3) is 4.72. The highest BCUT2D eigenvalue weighted by molar-refractivity contribution is 7.89. The van der Waals surface area contributed by atoms with Crippen LogP contribution in [0.2, 0.25) is 0 Å². The minimum Gasteiger partial charge on any atom is -0.356 e. The van der Waals surface area contributed by atoms with Crippen LogP contribution in [0.4, 0.5) is 17.1 Å². The monoisotopic (exact) mass is 426 g/mol. The van der Waals surface area contributed by atoms with Gasteiger partial charge in [-0.25, -0.2) is 8.42 Å². The Hall–Kier alpha value is -3.10. The first-order valence-electron chi connectivity index (χ1n) is 9.75. The molecule has 0 fully saturated rings. The third-order valence-electron chi connectivity index (χ3n) is 4.76. The Labute approximate surface area is 177 Å². The van der Waals surface area contributed by atoms with E-state index in [0.717, 1.165) is 11.4 Å². The van der Waals surface area contributed by atoms with Crippen molar-refractivity contribution in [1.29, 1.82) is 0 Å². The summed E-state index contributed by atoms with van der Waals surface area (Å²) in [6, 6.07) is 18.5. The quantitative estimate of drug-likeness (QED) is 0.569. The van der Waals surface area contributed by atoms with E-state index < -0.39 is 10.0 Å². The predicted molar refractivity (Wildman–Crippen MR) is 120 cm³/mol. The van der Waals surface area contributed by atoms with Crippen molar-refractivity contribution in [2.24, 2.45) is 7.05 Å². The number of sulfonamides is 1. The highest BCUT2D eigenvalue weighted by atomic mass is 32.2. The van der Waals surface area contributed by atoms with Crippen LogP contribution in [0, 0.1) is 0 Å². The van der Waals surface area contributed by atoms with E-state index in [-0.39, 0.29) is 16.5 Å². The molecule has 0 saturated heterocycles. The molecule has 3 aromatic rings. The Kier molecular flexibility index (Phi) is 6.59. The molecule has 0 aliphatic heterocycles. The number of aryl methyl sites for hydroxylation is 1. The first-order valence-corrected chi connectivity index (χ1v) is 11.2. The summed E-state index contributed by atoms with van der Waals surface area (Å²) in [5.74, 6) is -0.373. The molecular weight excluding hydrogens is 400 g/mol. The Morgan fingerprint density at radius 2 is 1.50 bits per heavy atom. The molecule has 0 aliphatic rings. The molecule has 158 valence electrons. The molecule has 0 atom stereocenters. The van der Waals surface area contributed by atoms with Gasteiger partial charge in [-0.3, -0.25) is 4.79 Å². The minimum absolute atomic E-state index is 0.112. The topological polar surface area (TPSA) is 83.4 Å². The number of para-hydroxylation sites is 1. The lowest BCUT2D eigenvalue weighted by atomic mass is 10.2. The van der Waals surface area contributed by atoms with Crippen molar-refractivity contribution < 1.29 is 13.2 Å². The molecule has 1 aromatic heterocycles. The van der Waals surface area contributed by atoms with Gasteiger partial charge in [-0.05, 0) is 42.5 Å². The van der Waals surface area contributed by atoms with Gasteiger partial charge in [-0.15, -0.1) is 0 Å². The molecule has 30 heavy (non-hydrogen) atoms. The number of hydrogen-bond donors (Lipinski definition) is 2. The van der Waals surface area contributed by atoms with Crippen LogP contribution in [0.15, 0.2) is 71.8 Å². The zero-order chi connectivity index (χ0) is 21.7. The summed E-state index contributed by atoms with van der Waals surface area (Å²) >= 11 is 0. The number of aromatic nitrogens is 1. The van der Waals surface area contributed by atoms with Crippen LogP contribution in [0.1, 0.15) is 24.3 Å². The van der Waals surface area contributed by atoms with Crippen LogP contribution in [-0.2, 0) is 17.1 Å². The summed E-state index contributed by atoms with van der Waals surface area (Å²) in [7, 11) is -1.96. The number of nitrogens with one attached hydrogen (secondary N) is 2. The molecule has 0 spiro atoms. The number of carbonyl (C=O) groups is 1. The van der Waals surface area contributed by atoms with E-state index in [4.69, 9.17) is 0 Å². The fraction of sp³-hybridized carbons (Fsp3) is 0.227. The molecule has 2 aromatic carbocycles. The first-order chi connectivity index (χ1) is 14.3. The van der Waals surface area contributed by atoms with E-state index in [0.29, 0.717) is 18.8 Å². The summed E-state index contributed by atoms with van der Waals surface area (Å²) < 4.78 is 28.3. The van der Waals surface area contributed by atoms with Crippen molar-refractivity contribution in [3.05, 3.63) is 72.6 Å². The lowest BCUT2D eigenvalue weighted by Gasteiger charge is -2.17. The van der Waals surface area contributed by atoms with E-state index in [1.807, 2.05) is 42.5 Å². The summed E-state index contributed by atoms with van der Waals surface area (Å²) in [5, 5.41) is 6.09. The Morgan fingerprint density at radius 1 is 0.933 bits per heavy atom. The van der Waals surface area contributed by atoms with E-state index in [1.54, 1.807) is 33.0 Å². The molecule has 0 radical (unpaired) electrons. The van der Waals surface area contributed by atoms with Crippen molar-refractivity contribution in [2.45, 2.75) is 18.7 Å². The number of anilines is 3. The van der Waals surface area contributed by atoms with Gasteiger partial charge >= 0.3 is 0 Å². The second kappa shape index (κ2) is 9.15. The van der Waals surface area contributed by atoms with Crippen molar-refractivity contribution in [1.82, 2.24) is 8.87 Å². The molecule has 3 rings (SSSR count). The minimum atomic E-state index is -3.62. The van der Waals surface area contributed by atoms with Crippen LogP contribution >= 0.6 is 0 Å². The standard InChI is InChI=1S/C22H26N4O3S/c1-4-26(5-2)30(28,29)20-15-21(25(3)16-20)22(27)24-19-13-11-18(12-14-19)23-17-9-7-6-8-10-17/h6-16,23H,4-5H2,1-3H3,(H,24,27). The van der Waals surface area contributed by atoms with Gasteiger partial charge < -0.3 is 15.2 Å². The number of hydrogen-bond acceptors (Lipinski definition) is 4. The second-order valence-electron chi connectivity index (χ2n) is 6.78. The average molecular weight is 427 g/mol. The van der Waals surface area contributed by atoms with E-state index >= 15 is 0 Å². The van der Waals surface area contributed by atoms with Gasteiger partial charge in [0.15, 0.2) is 0 Å². The van der Waals surface area contributed by atoms with Crippen LogP contribution in [-0.4, -0.2) is 36.3 Å². The van der Waals surface area contributed by atoms with Crippen LogP contribution < -0.4 is 10.6 Å². The SMILES string of the molecule is CCN(CC)S(=O)(=O)c1cc(C(=O)Nc2ccc(Nc3ccccc3)cc2)n(C)c1. The first kappa shape index (κ1) is 21.6. The smallest absolute Gasteiger partial charge is 0.272 e. The summed E-state index contributed by atoms with van der Waals surface area (Å²) in [6.45, 7) is 4.32. The summed E-state index contributed by atoms with van der Waals surface area (Å²) in [5.41, 5.74) is 2.76. The molecule has 7 nitrogen and oxygen atoms in total. The van der Waals surface area contributed by atoms with Gasteiger partial charge in [0.1, 0.15) is 10.6 Å². The van der Waals surface area contributed by atoms with E-state index in [9.17, 15) is 13.2 Å². The zero-order valence-electron chi connectivity index (χ0n) is 17.3. The van der Waals surface area contributed by atoms with Crippen molar-refractivity contribution >= 4 is 33.0 Å². The molecule has 8 heteroatoms. The maximum absolute atomic E-state index is 12.7. The predicted octanol–water partition coefficient (Wildman–Crippen LogP) is 4.05. The zero-order valence-corrected chi connectivity index (χ0v) is 18.1. The van der Waals surface area contributed by atoms with Gasteiger partial charge in [0.2, 0.25) is 10.0 Å². The van der Waals surface area contributed by atoms with Crippen LogP contribution in [0.3, 0.4) is 0 Å². The Balaban J connectivity index is 1.73.